The molecule has 0 rings (SSSR count). The molecular formula is C8H15NS. The molecule has 0 fully saturated rings. The molecule has 0 radical (unpaired) electrons. The molecule has 0 amide bonds. The summed E-state index contributed by atoms with van der Waals surface area (Å²) in [5, 5.41) is 8.21. The Hall–Kier alpha value is -0.160. The summed E-state index contributed by atoms with van der Waals surface area (Å²) in [6.45, 7) is 0. The number of hydrogen-bond donors (Lipinski definition) is 0. The van der Waals surface area contributed by atoms with E-state index in [9.17, 15) is 0 Å². The van der Waals surface area contributed by atoms with E-state index in [1.165, 1.54) is 25.0 Å². The smallest absolute Gasteiger partial charge is 0.0621 e. The van der Waals surface area contributed by atoms with Crippen LogP contribution in [0.2, 0.25) is 0 Å². The normalized spacial score (nSPS) is 9.20. The van der Waals surface area contributed by atoms with E-state index in [1.807, 2.05) is 11.8 Å². The van der Waals surface area contributed by atoms with Crippen LogP contribution in [0.15, 0.2) is 0 Å². The molecular weight excluding hydrogens is 142 g/mol. The van der Waals surface area contributed by atoms with E-state index in [4.69, 9.17) is 5.26 Å². The zero-order chi connectivity index (χ0) is 7.66. The van der Waals surface area contributed by atoms with E-state index in [1.54, 1.807) is 0 Å². The van der Waals surface area contributed by atoms with Crippen LogP contribution in [-0.2, 0) is 0 Å². The van der Waals surface area contributed by atoms with Gasteiger partial charge >= 0.3 is 0 Å². The van der Waals surface area contributed by atoms with Gasteiger partial charge in [-0.15, -0.1) is 0 Å². The molecule has 0 aliphatic heterocycles. The first-order chi connectivity index (χ1) is 4.91. The Labute approximate surface area is 67.8 Å². The molecule has 0 aliphatic rings. The molecule has 0 unspecified atom stereocenters. The third-order valence-electron chi connectivity index (χ3n) is 1.39. The SMILES string of the molecule is CSCCCCCCC#N. The summed E-state index contributed by atoms with van der Waals surface area (Å²) in [4.78, 5) is 0. The van der Waals surface area contributed by atoms with Crippen LogP contribution in [0.25, 0.3) is 0 Å². The maximum atomic E-state index is 8.21. The number of unbranched alkanes of at least 4 members (excludes halogenated alkanes) is 4. The van der Waals surface area contributed by atoms with Gasteiger partial charge in [-0.2, -0.15) is 17.0 Å². The average molecular weight is 157 g/mol. The van der Waals surface area contributed by atoms with Crippen LogP contribution in [0, 0.1) is 11.3 Å². The van der Waals surface area contributed by atoms with Crippen LogP contribution in [0.3, 0.4) is 0 Å². The quantitative estimate of drug-likeness (QED) is 0.553. The molecule has 58 valence electrons. The first kappa shape index (κ1) is 9.84. The van der Waals surface area contributed by atoms with Crippen molar-refractivity contribution in [3.05, 3.63) is 0 Å². The van der Waals surface area contributed by atoms with E-state index >= 15 is 0 Å². The van der Waals surface area contributed by atoms with Crippen LogP contribution in [-0.4, -0.2) is 12.0 Å². The lowest BCUT2D eigenvalue weighted by atomic mass is 10.2. The van der Waals surface area contributed by atoms with Gasteiger partial charge in [0.05, 0.1) is 6.07 Å². The lowest BCUT2D eigenvalue weighted by molar-refractivity contribution is 0.681. The Bertz CT molecular complexity index is 95.9. The molecule has 10 heavy (non-hydrogen) atoms. The summed E-state index contributed by atoms with van der Waals surface area (Å²) in [5.74, 6) is 1.27. The van der Waals surface area contributed by atoms with Gasteiger partial charge in [0.1, 0.15) is 0 Å². The zero-order valence-electron chi connectivity index (χ0n) is 6.60. The monoisotopic (exact) mass is 157 g/mol. The van der Waals surface area contributed by atoms with Gasteiger partial charge in [0, 0.05) is 6.42 Å². The third-order valence-corrected chi connectivity index (χ3v) is 2.08. The first-order valence-electron chi connectivity index (χ1n) is 3.77. The van der Waals surface area contributed by atoms with Gasteiger partial charge in [-0.05, 0) is 24.9 Å². The molecule has 0 aromatic carbocycles. The van der Waals surface area contributed by atoms with Crippen LogP contribution in [0.5, 0.6) is 0 Å². The van der Waals surface area contributed by atoms with Gasteiger partial charge in [0.15, 0.2) is 0 Å². The van der Waals surface area contributed by atoms with Crippen LogP contribution in [0.4, 0.5) is 0 Å². The van der Waals surface area contributed by atoms with Crippen molar-refractivity contribution in [2.75, 3.05) is 12.0 Å². The molecule has 0 aromatic heterocycles. The third kappa shape index (κ3) is 7.84. The van der Waals surface area contributed by atoms with Crippen LogP contribution >= 0.6 is 11.8 Å². The molecule has 0 spiro atoms. The summed E-state index contributed by atoms with van der Waals surface area (Å²) in [5.41, 5.74) is 0. The largest absolute Gasteiger partial charge is 0.198 e. The molecule has 0 heterocycles. The highest BCUT2D eigenvalue weighted by atomic mass is 32.2. The predicted molar refractivity (Wildman–Crippen MR) is 47.1 cm³/mol. The molecule has 0 atom stereocenters. The van der Waals surface area contributed by atoms with Crippen molar-refractivity contribution in [2.24, 2.45) is 0 Å². The highest BCUT2D eigenvalue weighted by molar-refractivity contribution is 7.98. The predicted octanol–water partition coefficient (Wildman–Crippen LogP) is 2.82. The Morgan fingerprint density at radius 2 is 1.90 bits per heavy atom. The lowest BCUT2D eigenvalue weighted by Crippen LogP contribution is -1.79. The van der Waals surface area contributed by atoms with E-state index < -0.39 is 0 Å². The van der Waals surface area contributed by atoms with Crippen LogP contribution < -0.4 is 0 Å². The minimum Gasteiger partial charge on any atom is -0.198 e. The Balaban J connectivity index is 2.72. The summed E-state index contributed by atoms with van der Waals surface area (Å²) in [7, 11) is 0. The molecule has 0 N–H and O–H groups in total. The lowest BCUT2D eigenvalue weighted by Gasteiger charge is -1.95. The first-order valence-corrected chi connectivity index (χ1v) is 5.17. The fraction of sp³-hybridized carbons (Fsp3) is 0.875. The zero-order valence-corrected chi connectivity index (χ0v) is 7.41. The van der Waals surface area contributed by atoms with Crippen molar-refractivity contribution < 1.29 is 0 Å². The van der Waals surface area contributed by atoms with Crippen molar-refractivity contribution in [3.8, 4) is 6.07 Å². The minimum absolute atomic E-state index is 0.735. The summed E-state index contributed by atoms with van der Waals surface area (Å²) < 4.78 is 0. The standard InChI is InChI=1S/C8H15NS/c1-10-8-6-4-2-3-5-7-9/h2-6,8H2,1H3. The van der Waals surface area contributed by atoms with Crippen molar-refractivity contribution in [1.29, 1.82) is 5.26 Å². The number of thioether (sulfide) groups is 1. The topological polar surface area (TPSA) is 23.8 Å². The summed E-state index contributed by atoms with van der Waals surface area (Å²) in [6.07, 6.45) is 7.79. The van der Waals surface area contributed by atoms with E-state index in [0.29, 0.717) is 0 Å². The summed E-state index contributed by atoms with van der Waals surface area (Å²) >= 11 is 1.90. The minimum atomic E-state index is 0.735. The Kier molecular flexibility index (Phi) is 8.70. The van der Waals surface area contributed by atoms with Crippen molar-refractivity contribution >= 4 is 11.8 Å². The maximum Gasteiger partial charge on any atom is 0.0621 e. The molecule has 2 heteroatoms. The second-order valence-corrected chi connectivity index (χ2v) is 3.30. The Morgan fingerprint density at radius 3 is 2.50 bits per heavy atom. The van der Waals surface area contributed by atoms with E-state index in [2.05, 4.69) is 12.3 Å². The van der Waals surface area contributed by atoms with Crippen molar-refractivity contribution in [2.45, 2.75) is 32.1 Å². The molecule has 0 bridgehead atoms. The molecule has 1 nitrogen and oxygen atoms in total. The van der Waals surface area contributed by atoms with Gasteiger partial charge in [-0.3, -0.25) is 0 Å². The molecule has 0 saturated heterocycles. The van der Waals surface area contributed by atoms with Gasteiger partial charge < -0.3 is 0 Å². The second kappa shape index (κ2) is 8.84. The molecule has 0 aromatic rings. The van der Waals surface area contributed by atoms with Crippen LogP contribution in [0.1, 0.15) is 32.1 Å². The fourth-order valence-corrected chi connectivity index (χ4v) is 1.30. The van der Waals surface area contributed by atoms with Gasteiger partial charge in [0.25, 0.3) is 0 Å². The summed E-state index contributed by atoms with van der Waals surface area (Å²) in [6, 6.07) is 2.15. The van der Waals surface area contributed by atoms with Gasteiger partial charge in [-0.25, -0.2) is 0 Å². The fourth-order valence-electron chi connectivity index (χ4n) is 0.804. The van der Waals surface area contributed by atoms with Gasteiger partial charge in [0.2, 0.25) is 0 Å². The second-order valence-electron chi connectivity index (χ2n) is 2.32. The Morgan fingerprint density at radius 1 is 1.20 bits per heavy atom. The number of nitrogens with zero attached hydrogens (tertiary/aromatic N) is 1. The van der Waals surface area contributed by atoms with E-state index in [-0.39, 0.29) is 0 Å². The van der Waals surface area contributed by atoms with Gasteiger partial charge in [-0.1, -0.05) is 12.8 Å². The maximum absolute atomic E-state index is 8.21. The number of nitriles is 1. The number of hydrogen-bond acceptors (Lipinski definition) is 2. The van der Waals surface area contributed by atoms with E-state index in [0.717, 1.165) is 12.8 Å². The van der Waals surface area contributed by atoms with Crippen molar-refractivity contribution in [3.63, 3.8) is 0 Å². The molecule has 0 aliphatic carbocycles. The number of rotatable bonds is 6. The molecule has 0 saturated carbocycles. The average Bonchev–Trinajstić information content (AvgIpc) is 1.97. The highest BCUT2D eigenvalue weighted by Crippen LogP contribution is 2.05. The highest BCUT2D eigenvalue weighted by Gasteiger charge is 1.87. The van der Waals surface area contributed by atoms with Crippen molar-refractivity contribution in [1.82, 2.24) is 0 Å².